The molecule has 0 saturated carbocycles. The number of nitro benzene ring substituents is 1. The number of aliphatic imine (C=N–C) groups is 1. The number of hydrogen-bond acceptors (Lipinski definition) is 7. The molecular weight excluding hydrogens is 444 g/mol. The molecule has 0 aromatic heterocycles. The smallest absolute Gasteiger partial charge is 0.279 e. The van der Waals surface area contributed by atoms with Gasteiger partial charge in [0.2, 0.25) is 0 Å². The summed E-state index contributed by atoms with van der Waals surface area (Å²) >= 11 is 5.88. The van der Waals surface area contributed by atoms with Crippen LogP contribution in [0.15, 0.2) is 57.2 Å². The largest absolute Gasteiger partial charge is 0.291 e. The molecule has 0 unspecified atom stereocenters. The Balaban J connectivity index is 1.94. The van der Waals surface area contributed by atoms with Gasteiger partial charge in [0.1, 0.15) is 5.84 Å². The van der Waals surface area contributed by atoms with Crippen LogP contribution in [-0.4, -0.2) is 34.1 Å². The highest BCUT2D eigenvalue weighted by molar-refractivity contribution is 7.93. The third kappa shape index (κ3) is 4.66. The van der Waals surface area contributed by atoms with Crippen LogP contribution in [0.2, 0.25) is 5.02 Å². The molecule has 154 valence electrons. The fraction of sp³-hybridized carbons (Fsp3) is 0.188. The van der Waals surface area contributed by atoms with Crippen LogP contribution in [-0.2, 0) is 20.0 Å². The Bertz CT molecular complexity index is 1210. The Morgan fingerprint density at radius 3 is 2.41 bits per heavy atom. The average Bonchev–Trinajstić information content (AvgIpc) is 3.13. The summed E-state index contributed by atoms with van der Waals surface area (Å²) in [7, 11) is -8.43. The second-order valence-electron chi connectivity index (χ2n) is 6.02. The van der Waals surface area contributed by atoms with Gasteiger partial charge in [-0.25, -0.2) is 16.8 Å². The Morgan fingerprint density at radius 1 is 1.03 bits per heavy atom. The van der Waals surface area contributed by atoms with Gasteiger partial charge in [0.15, 0.2) is 4.90 Å². The van der Waals surface area contributed by atoms with Crippen molar-refractivity contribution in [2.45, 2.75) is 22.6 Å². The molecule has 0 bridgehead atoms. The Labute approximate surface area is 171 Å². The zero-order valence-corrected chi connectivity index (χ0v) is 17.1. The van der Waals surface area contributed by atoms with Crippen molar-refractivity contribution in [1.82, 2.24) is 4.72 Å². The summed E-state index contributed by atoms with van der Waals surface area (Å²) in [5.74, 6) is 0.336. The molecule has 0 atom stereocenters. The number of anilines is 1. The summed E-state index contributed by atoms with van der Waals surface area (Å²) in [4.78, 5) is 13.4. The van der Waals surface area contributed by atoms with Gasteiger partial charge in [0, 0.05) is 19.0 Å². The van der Waals surface area contributed by atoms with Gasteiger partial charge in [-0.05, 0) is 30.7 Å². The van der Waals surface area contributed by atoms with E-state index >= 15 is 0 Å². The van der Waals surface area contributed by atoms with Crippen molar-refractivity contribution < 1.29 is 21.8 Å². The van der Waals surface area contributed by atoms with Crippen molar-refractivity contribution in [3.63, 3.8) is 0 Å². The Hall–Kier alpha value is -2.70. The van der Waals surface area contributed by atoms with Gasteiger partial charge in [-0.1, -0.05) is 23.7 Å². The Morgan fingerprint density at radius 2 is 1.76 bits per heavy atom. The molecule has 29 heavy (non-hydrogen) atoms. The third-order valence-electron chi connectivity index (χ3n) is 3.93. The lowest BCUT2D eigenvalue weighted by Crippen LogP contribution is -2.29. The molecule has 0 radical (unpaired) electrons. The number of benzene rings is 2. The molecule has 10 nitrogen and oxygen atoms in total. The quantitative estimate of drug-likeness (QED) is 0.502. The summed E-state index contributed by atoms with van der Waals surface area (Å²) in [6.45, 7) is 0.536. The monoisotopic (exact) mass is 458 g/mol. The van der Waals surface area contributed by atoms with E-state index in [1.165, 1.54) is 30.3 Å². The highest BCUT2D eigenvalue weighted by Crippen LogP contribution is 2.32. The highest BCUT2D eigenvalue weighted by atomic mass is 35.5. The number of nitrogens with zero attached hydrogens (tertiary/aromatic N) is 2. The van der Waals surface area contributed by atoms with E-state index < -0.39 is 35.6 Å². The van der Waals surface area contributed by atoms with E-state index in [0.29, 0.717) is 18.8 Å². The maximum absolute atomic E-state index is 12.7. The van der Waals surface area contributed by atoms with Crippen LogP contribution in [0.4, 0.5) is 11.4 Å². The van der Waals surface area contributed by atoms with E-state index in [1.807, 2.05) is 0 Å². The molecule has 2 aromatic rings. The molecule has 0 saturated heterocycles. The summed E-state index contributed by atoms with van der Waals surface area (Å²) in [5, 5.41) is 10.8. The first kappa shape index (κ1) is 21.0. The molecule has 2 N–H and O–H groups in total. The van der Waals surface area contributed by atoms with Crippen molar-refractivity contribution in [1.29, 1.82) is 0 Å². The normalized spacial score (nSPS) is 14.3. The molecule has 2 aromatic carbocycles. The lowest BCUT2D eigenvalue weighted by Gasteiger charge is -2.12. The van der Waals surface area contributed by atoms with Crippen molar-refractivity contribution in [2.75, 3.05) is 11.3 Å². The fourth-order valence-corrected chi connectivity index (χ4v) is 5.57. The zero-order chi connectivity index (χ0) is 21.2. The second kappa shape index (κ2) is 7.97. The molecule has 1 heterocycles. The number of nitrogens with one attached hydrogen (secondary N) is 2. The number of amidine groups is 1. The van der Waals surface area contributed by atoms with Gasteiger partial charge in [-0.2, -0.15) is 0 Å². The van der Waals surface area contributed by atoms with Gasteiger partial charge in [-0.3, -0.25) is 24.6 Å². The first-order chi connectivity index (χ1) is 13.6. The van der Waals surface area contributed by atoms with Crippen LogP contribution in [0.25, 0.3) is 0 Å². The molecule has 13 heteroatoms. The molecule has 0 amide bonds. The molecular formula is C16H15ClN4O6S2. The minimum atomic E-state index is -4.47. The maximum atomic E-state index is 12.7. The third-order valence-corrected chi connectivity index (χ3v) is 7.21. The second-order valence-corrected chi connectivity index (χ2v) is 9.72. The molecule has 0 aliphatic carbocycles. The number of sulfonamides is 2. The van der Waals surface area contributed by atoms with E-state index in [4.69, 9.17) is 11.6 Å². The average molecular weight is 459 g/mol. The standard InChI is InChI=1S/C16H15ClN4O6S2/c17-13-6-2-7-14(21(22)23)16(13)29(26,27)19-11-4-1-5-12(10-11)28(24,25)20-15-8-3-9-18-15/h1-2,4-7,10,19H,3,8-9H2,(H,18,20). The topological polar surface area (TPSA) is 148 Å². The summed E-state index contributed by atoms with van der Waals surface area (Å²) in [6, 6.07) is 8.50. The first-order valence-corrected chi connectivity index (χ1v) is 11.6. The van der Waals surface area contributed by atoms with Gasteiger partial charge < -0.3 is 0 Å². The van der Waals surface area contributed by atoms with Crippen LogP contribution in [0.1, 0.15) is 12.8 Å². The molecule has 1 aliphatic heterocycles. The number of hydrogen-bond donors (Lipinski definition) is 2. The number of nitro groups is 1. The van der Waals surface area contributed by atoms with Gasteiger partial charge in [-0.15, -0.1) is 0 Å². The highest BCUT2D eigenvalue weighted by Gasteiger charge is 2.29. The van der Waals surface area contributed by atoms with Crippen molar-refractivity contribution in [3.05, 3.63) is 57.6 Å². The lowest BCUT2D eigenvalue weighted by atomic mass is 10.3. The predicted octanol–water partition coefficient (Wildman–Crippen LogP) is 2.52. The molecule has 3 rings (SSSR count). The van der Waals surface area contributed by atoms with E-state index in [9.17, 15) is 26.9 Å². The predicted molar refractivity (Wildman–Crippen MR) is 107 cm³/mol. The van der Waals surface area contributed by atoms with E-state index in [1.54, 1.807) is 0 Å². The maximum Gasteiger partial charge on any atom is 0.291 e. The lowest BCUT2D eigenvalue weighted by molar-refractivity contribution is -0.387. The first-order valence-electron chi connectivity index (χ1n) is 8.22. The van der Waals surface area contributed by atoms with E-state index in [0.717, 1.165) is 18.6 Å². The van der Waals surface area contributed by atoms with Crippen LogP contribution in [0, 0.1) is 10.1 Å². The summed E-state index contributed by atoms with van der Waals surface area (Å²) in [6.07, 6.45) is 1.25. The minimum Gasteiger partial charge on any atom is -0.279 e. The van der Waals surface area contributed by atoms with Crippen LogP contribution in [0.3, 0.4) is 0 Å². The van der Waals surface area contributed by atoms with Crippen LogP contribution < -0.4 is 9.44 Å². The van der Waals surface area contributed by atoms with Crippen LogP contribution >= 0.6 is 11.6 Å². The zero-order valence-electron chi connectivity index (χ0n) is 14.7. The summed E-state index contributed by atoms with van der Waals surface area (Å²) in [5.41, 5.74) is -0.801. The SMILES string of the molecule is O=[N+]([O-])c1cccc(Cl)c1S(=O)(=O)Nc1cccc(S(=O)(=O)NC2=NCCC2)c1. The van der Waals surface area contributed by atoms with Gasteiger partial charge >= 0.3 is 0 Å². The molecule has 0 spiro atoms. The fourth-order valence-electron chi connectivity index (χ4n) is 2.68. The van der Waals surface area contributed by atoms with Crippen molar-refractivity contribution in [2.24, 2.45) is 4.99 Å². The number of rotatable bonds is 6. The number of halogens is 1. The van der Waals surface area contributed by atoms with Crippen LogP contribution in [0.5, 0.6) is 0 Å². The Kier molecular flexibility index (Phi) is 5.78. The molecule has 1 aliphatic rings. The van der Waals surface area contributed by atoms with E-state index in [2.05, 4.69) is 14.4 Å². The van der Waals surface area contributed by atoms with Gasteiger partial charge in [0.05, 0.1) is 20.5 Å². The summed E-state index contributed by atoms with van der Waals surface area (Å²) < 4.78 is 54.9. The minimum absolute atomic E-state index is 0.101. The van der Waals surface area contributed by atoms with E-state index in [-0.39, 0.29) is 15.6 Å². The molecule has 0 fully saturated rings. The van der Waals surface area contributed by atoms with Crippen molar-refractivity contribution >= 4 is 48.9 Å². The van der Waals surface area contributed by atoms with Crippen molar-refractivity contribution in [3.8, 4) is 0 Å². The van der Waals surface area contributed by atoms with Gasteiger partial charge in [0.25, 0.3) is 25.7 Å².